The molecule has 0 bridgehead atoms. The number of halogens is 9. The average molecular weight is 650 g/mol. The van der Waals surface area contributed by atoms with Crippen molar-refractivity contribution in [3.8, 4) is 11.1 Å². The van der Waals surface area contributed by atoms with Crippen LogP contribution in [0.3, 0.4) is 0 Å². The van der Waals surface area contributed by atoms with Crippen molar-refractivity contribution < 1.29 is 57.3 Å². The van der Waals surface area contributed by atoms with Crippen molar-refractivity contribution in [3.63, 3.8) is 0 Å². The number of rotatable bonds is 5. The van der Waals surface area contributed by atoms with E-state index >= 15 is 0 Å². The summed E-state index contributed by atoms with van der Waals surface area (Å²) < 4.78 is 155. The van der Waals surface area contributed by atoms with Crippen LogP contribution in [0.25, 0.3) is 21.9 Å². The number of nitrogen functional groups attached to an aromatic ring is 1. The molecule has 4 rings (SSSR count). The summed E-state index contributed by atoms with van der Waals surface area (Å²) in [6.45, 7) is 0. The first-order valence-electron chi connectivity index (χ1n) is 11.7. The fourth-order valence-corrected chi connectivity index (χ4v) is 4.77. The van der Waals surface area contributed by atoms with E-state index in [-0.39, 0.29) is 16.5 Å². The zero-order chi connectivity index (χ0) is 32.8. The molecular weight excluding hydrogens is 635 g/mol. The van der Waals surface area contributed by atoms with Crippen LogP contribution in [0.5, 0.6) is 0 Å². The molecule has 0 saturated heterocycles. The molecule has 0 saturated carbocycles. The molecule has 0 radical (unpaired) electrons. The summed E-state index contributed by atoms with van der Waals surface area (Å²) >= 11 is 0. The first-order valence-corrected chi connectivity index (χ1v) is 13.1. The second-order valence-corrected chi connectivity index (χ2v) is 10.4. The minimum absolute atomic E-state index is 0.301. The Kier molecular flexibility index (Phi) is 8.12. The van der Waals surface area contributed by atoms with Gasteiger partial charge in [-0.3, -0.25) is 9.35 Å². The molecule has 0 spiro atoms. The maximum atomic E-state index is 14.0. The lowest BCUT2D eigenvalue weighted by atomic mass is 9.99. The molecule has 0 aliphatic rings. The van der Waals surface area contributed by atoms with Crippen molar-refractivity contribution in [1.82, 2.24) is 0 Å². The predicted octanol–water partition coefficient (Wildman–Crippen LogP) is 8.29. The number of nitrogens with zero attached hydrogens (tertiary/aromatic N) is 2. The molecule has 4 aromatic carbocycles. The van der Waals surface area contributed by atoms with E-state index in [9.17, 15) is 57.3 Å². The van der Waals surface area contributed by atoms with Gasteiger partial charge in [0.1, 0.15) is 10.6 Å². The van der Waals surface area contributed by atoms with Gasteiger partial charge in [0.05, 0.1) is 22.5 Å². The fraction of sp³-hybridized carbons (Fsp3) is 0.115. The molecule has 44 heavy (non-hydrogen) atoms. The molecule has 0 unspecified atom stereocenters. The summed E-state index contributed by atoms with van der Waals surface area (Å²) in [7, 11) is -5.10. The SMILES string of the molecule is Nc1ccc(-c2ccc(/N=N/c3cc(S(=O)(=O)O)c4ccccc4c3NC(=O)C(F)(F)F)c(C(F)(F)F)c2)cc1C(F)(F)F. The first-order chi connectivity index (χ1) is 20.2. The van der Waals surface area contributed by atoms with E-state index in [1.807, 2.05) is 0 Å². The second kappa shape index (κ2) is 11.1. The average Bonchev–Trinajstić information content (AvgIpc) is 2.90. The number of azo groups is 1. The lowest BCUT2D eigenvalue weighted by Gasteiger charge is -2.16. The maximum Gasteiger partial charge on any atom is 0.471 e. The Labute approximate surface area is 240 Å². The second-order valence-electron chi connectivity index (χ2n) is 8.97. The maximum absolute atomic E-state index is 14.0. The van der Waals surface area contributed by atoms with Crippen LogP contribution in [0.15, 0.2) is 81.9 Å². The van der Waals surface area contributed by atoms with Gasteiger partial charge in [0.25, 0.3) is 10.1 Å². The predicted molar refractivity (Wildman–Crippen MR) is 139 cm³/mol. The van der Waals surface area contributed by atoms with E-state index in [4.69, 9.17) is 5.73 Å². The molecule has 4 N–H and O–H groups in total. The van der Waals surface area contributed by atoms with Gasteiger partial charge in [0.15, 0.2) is 0 Å². The summed E-state index contributed by atoms with van der Waals surface area (Å²) in [4.78, 5) is 10.8. The van der Waals surface area contributed by atoms with Gasteiger partial charge in [-0.1, -0.05) is 36.4 Å². The zero-order valence-electron chi connectivity index (χ0n) is 21.3. The van der Waals surface area contributed by atoms with Gasteiger partial charge < -0.3 is 11.1 Å². The molecule has 1 amide bonds. The number of alkyl halides is 9. The first kappa shape index (κ1) is 32.2. The molecule has 0 aliphatic carbocycles. The highest BCUT2D eigenvalue weighted by atomic mass is 32.2. The van der Waals surface area contributed by atoms with Crippen molar-refractivity contribution in [3.05, 3.63) is 77.9 Å². The van der Waals surface area contributed by atoms with Crippen LogP contribution in [-0.4, -0.2) is 25.1 Å². The quantitative estimate of drug-likeness (QED) is 0.0865. The van der Waals surface area contributed by atoms with Crippen molar-refractivity contribution in [2.45, 2.75) is 23.4 Å². The Hall–Kier alpha value is -4.71. The van der Waals surface area contributed by atoms with Gasteiger partial charge in [-0.25, -0.2) is 0 Å². The third-order valence-electron chi connectivity index (χ3n) is 6.02. The monoisotopic (exact) mass is 650 g/mol. The van der Waals surface area contributed by atoms with Gasteiger partial charge in [0, 0.05) is 16.5 Å². The molecule has 0 aliphatic heterocycles. The lowest BCUT2D eigenvalue weighted by Crippen LogP contribution is -2.30. The Bertz CT molecular complexity index is 1920. The molecule has 232 valence electrons. The molecule has 0 heterocycles. The number of hydrogen-bond donors (Lipinski definition) is 3. The van der Waals surface area contributed by atoms with E-state index < -0.39 is 78.7 Å². The van der Waals surface area contributed by atoms with E-state index in [0.717, 1.165) is 30.3 Å². The van der Waals surface area contributed by atoms with Crippen molar-refractivity contribution >= 4 is 49.5 Å². The summed E-state index contributed by atoms with van der Waals surface area (Å²) in [6.07, 6.45) is -15.6. The fourth-order valence-electron chi connectivity index (χ4n) is 4.06. The smallest absolute Gasteiger partial charge is 0.398 e. The minimum atomic E-state index is -5.45. The van der Waals surface area contributed by atoms with Crippen LogP contribution in [0.1, 0.15) is 11.1 Å². The number of amides is 1. The Morgan fingerprint density at radius 2 is 1.25 bits per heavy atom. The topological polar surface area (TPSA) is 134 Å². The van der Waals surface area contributed by atoms with Crippen molar-refractivity contribution in [2.75, 3.05) is 11.1 Å². The normalized spacial score (nSPS) is 13.0. The largest absolute Gasteiger partial charge is 0.471 e. The number of carbonyl (C=O) groups is 1. The summed E-state index contributed by atoms with van der Waals surface area (Å²) in [6, 6.07) is 9.61. The highest BCUT2D eigenvalue weighted by molar-refractivity contribution is 7.86. The number of benzene rings is 4. The summed E-state index contributed by atoms with van der Waals surface area (Å²) in [5.74, 6) is -2.54. The van der Waals surface area contributed by atoms with E-state index in [2.05, 4.69) is 10.2 Å². The molecular formula is C26H15F9N4O4S. The molecule has 8 nitrogen and oxygen atoms in total. The third-order valence-corrected chi connectivity index (χ3v) is 6.91. The molecule has 0 aromatic heterocycles. The number of carbonyl (C=O) groups excluding carboxylic acids is 1. The van der Waals surface area contributed by atoms with Gasteiger partial charge in [-0.2, -0.15) is 47.9 Å². The number of fused-ring (bicyclic) bond motifs is 1. The van der Waals surface area contributed by atoms with E-state index in [1.165, 1.54) is 17.4 Å². The van der Waals surface area contributed by atoms with Gasteiger partial charge in [-0.15, -0.1) is 10.2 Å². The third kappa shape index (κ3) is 6.75. The van der Waals surface area contributed by atoms with Crippen LogP contribution in [0.2, 0.25) is 0 Å². The van der Waals surface area contributed by atoms with Gasteiger partial charge in [0.2, 0.25) is 0 Å². The molecule has 4 aromatic rings. The zero-order valence-corrected chi connectivity index (χ0v) is 22.1. The Morgan fingerprint density at radius 3 is 1.80 bits per heavy atom. The molecule has 18 heteroatoms. The molecule has 0 atom stereocenters. The standard InChI is InChI=1S/C26H15F9N4O4S/c27-24(28,29)16-9-12(5-7-18(16)36)13-6-8-19(17(10-13)25(30,31)32)38-39-20-11-21(44(41,42)43)14-3-1-2-4-15(14)22(20)37-23(40)26(33,34)35/h1-11H,36H2,(H,37,40)(H,41,42,43)/b39-38+. The minimum Gasteiger partial charge on any atom is -0.398 e. The Morgan fingerprint density at radius 1 is 0.727 bits per heavy atom. The van der Waals surface area contributed by atoms with Gasteiger partial charge >= 0.3 is 24.4 Å². The summed E-state index contributed by atoms with van der Waals surface area (Å²) in [5.41, 5.74) is -1.49. The van der Waals surface area contributed by atoms with E-state index in [0.29, 0.717) is 24.3 Å². The lowest BCUT2D eigenvalue weighted by molar-refractivity contribution is -0.167. The van der Waals surface area contributed by atoms with Crippen LogP contribution >= 0.6 is 0 Å². The number of nitrogens with one attached hydrogen (secondary N) is 1. The number of nitrogens with two attached hydrogens (primary N) is 1. The van der Waals surface area contributed by atoms with Crippen molar-refractivity contribution in [2.24, 2.45) is 10.2 Å². The Balaban J connectivity index is 1.91. The van der Waals surface area contributed by atoms with E-state index in [1.54, 1.807) is 0 Å². The highest BCUT2D eigenvalue weighted by Crippen LogP contribution is 2.43. The van der Waals surface area contributed by atoms with Crippen LogP contribution < -0.4 is 11.1 Å². The van der Waals surface area contributed by atoms with Crippen LogP contribution in [0.4, 0.5) is 62.3 Å². The van der Waals surface area contributed by atoms with Crippen LogP contribution in [0, 0.1) is 0 Å². The molecule has 0 fully saturated rings. The highest BCUT2D eigenvalue weighted by Gasteiger charge is 2.40. The van der Waals surface area contributed by atoms with Crippen molar-refractivity contribution in [1.29, 1.82) is 0 Å². The number of hydrogen-bond acceptors (Lipinski definition) is 6. The number of anilines is 2. The van der Waals surface area contributed by atoms with Crippen LogP contribution in [-0.2, 0) is 27.3 Å². The van der Waals surface area contributed by atoms with Gasteiger partial charge in [-0.05, 0) is 41.5 Å². The summed E-state index contributed by atoms with van der Waals surface area (Å²) in [5, 5.41) is 7.60.